The highest BCUT2D eigenvalue weighted by Crippen LogP contribution is 2.22. The first kappa shape index (κ1) is 13.3. The molecular formula is C16H14N2O3. The van der Waals surface area contributed by atoms with Crippen molar-refractivity contribution in [2.45, 2.75) is 13.2 Å². The second-order valence-corrected chi connectivity index (χ2v) is 4.88. The Balaban J connectivity index is 2.02. The summed E-state index contributed by atoms with van der Waals surface area (Å²) in [6.07, 6.45) is 1.93. The fourth-order valence-electron chi connectivity index (χ4n) is 2.57. The largest absolute Gasteiger partial charge is 0.392 e. The Hall–Kier alpha value is -2.66. The number of non-ortho nitro benzene ring substituents is 1. The third kappa shape index (κ3) is 2.51. The molecule has 3 rings (SSSR count). The molecule has 1 N–H and O–H groups in total. The molecule has 0 spiro atoms. The Morgan fingerprint density at radius 1 is 1.14 bits per heavy atom. The molecule has 5 nitrogen and oxygen atoms in total. The Kier molecular flexibility index (Phi) is 3.41. The van der Waals surface area contributed by atoms with E-state index in [0.29, 0.717) is 6.54 Å². The molecule has 0 saturated heterocycles. The van der Waals surface area contributed by atoms with Gasteiger partial charge in [0.25, 0.3) is 5.69 Å². The van der Waals surface area contributed by atoms with Crippen LogP contribution in [0.25, 0.3) is 10.9 Å². The molecule has 0 radical (unpaired) electrons. The average molecular weight is 282 g/mol. The van der Waals surface area contributed by atoms with E-state index in [4.69, 9.17) is 0 Å². The predicted molar refractivity (Wildman–Crippen MR) is 80.1 cm³/mol. The number of nitro groups is 1. The summed E-state index contributed by atoms with van der Waals surface area (Å²) in [5.41, 5.74) is 2.76. The summed E-state index contributed by atoms with van der Waals surface area (Å²) in [4.78, 5) is 10.4. The first-order valence-electron chi connectivity index (χ1n) is 6.60. The lowest BCUT2D eigenvalue weighted by Crippen LogP contribution is -2.01. The molecule has 0 aliphatic heterocycles. The van der Waals surface area contributed by atoms with Crippen molar-refractivity contribution in [3.63, 3.8) is 0 Å². The number of aromatic nitrogens is 1. The molecule has 0 fully saturated rings. The molecule has 0 bridgehead atoms. The van der Waals surface area contributed by atoms with E-state index >= 15 is 0 Å². The number of aliphatic hydroxyl groups excluding tert-OH is 1. The Morgan fingerprint density at radius 2 is 1.95 bits per heavy atom. The summed E-state index contributed by atoms with van der Waals surface area (Å²) in [7, 11) is 0. The average Bonchev–Trinajstić information content (AvgIpc) is 2.91. The number of para-hydroxylation sites is 1. The molecule has 106 valence electrons. The van der Waals surface area contributed by atoms with Gasteiger partial charge in [0.2, 0.25) is 0 Å². The monoisotopic (exact) mass is 282 g/mol. The van der Waals surface area contributed by atoms with Gasteiger partial charge in [-0.15, -0.1) is 0 Å². The lowest BCUT2D eigenvalue weighted by Gasteiger charge is -2.08. The van der Waals surface area contributed by atoms with Gasteiger partial charge in [-0.05, 0) is 17.0 Å². The van der Waals surface area contributed by atoms with Crippen molar-refractivity contribution < 1.29 is 10.0 Å². The van der Waals surface area contributed by atoms with Crippen molar-refractivity contribution in [2.24, 2.45) is 0 Å². The lowest BCUT2D eigenvalue weighted by atomic mass is 10.1. The first-order valence-corrected chi connectivity index (χ1v) is 6.60. The van der Waals surface area contributed by atoms with Gasteiger partial charge >= 0.3 is 0 Å². The van der Waals surface area contributed by atoms with Crippen LogP contribution in [0, 0.1) is 10.1 Å². The van der Waals surface area contributed by atoms with E-state index in [1.54, 1.807) is 12.1 Å². The maximum atomic E-state index is 10.8. The van der Waals surface area contributed by atoms with Crippen LogP contribution in [-0.2, 0) is 13.2 Å². The van der Waals surface area contributed by atoms with Gasteiger partial charge in [-0.1, -0.05) is 30.3 Å². The highest BCUT2D eigenvalue weighted by molar-refractivity contribution is 5.83. The van der Waals surface area contributed by atoms with E-state index in [0.717, 1.165) is 22.0 Å². The zero-order valence-electron chi connectivity index (χ0n) is 11.3. The molecule has 0 amide bonds. The Bertz CT molecular complexity index is 808. The zero-order chi connectivity index (χ0) is 14.8. The Labute approximate surface area is 121 Å². The smallest absolute Gasteiger partial charge is 0.269 e. The summed E-state index contributed by atoms with van der Waals surface area (Å²) in [6, 6.07) is 14.4. The number of hydrogen-bond donors (Lipinski definition) is 1. The van der Waals surface area contributed by atoms with E-state index in [-0.39, 0.29) is 12.3 Å². The molecule has 1 heterocycles. The fourth-order valence-corrected chi connectivity index (χ4v) is 2.57. The van der Waals surface area contributed by atoms with Crippen molar-refractivity contribution >= 4 is 16.6 Å². The van der Waals surface area contributed by atoms with Crippen LogP contribution in [0.4, 0.5) is 5.69 Å². The number of nitrogens with zero attached hydrogens (tertiary/aromatic N) is 2. The molecule has 0 saturated carbocycles. The van der Waals surface area contributed by atoms with Crippen LogP contribution in [0.2, 0.25) is 0 Å². The Morgan fingerprint density at radius 3 is 2.71 bits per heavy atom. The van der Waals surface area contributed by atoms with Gasteiger partial charge in [0, 0.05) is 30.4 Å². The summed E-state index contributed by atoms with van der Waals surface area (Å²) >= 11 is 0. The minimum atomic E-state index is -0.392. The van der Waals surface area contributed by atoms with Gasteiger partial charge in [-0.25, -0.2) is 0 Å². The minimum Gasteiger partial charge on any atom is -0.392 e. The summed E-state index contributed by atoms with van der Waals surface area (Å²) < 4.78 is 2.00. The van der Waals surface area contributed by atoms with E-state index in [2.05, 4.69) is 0 Å². The van der Waals surface area contributed by atoms with Gasteiger partial charge < -0.3 is 9.67 Å². The van der Waals surface area contributed by atoms with Crippen molar-refractivity contribution in [3.05, 3.63) is 76.0 Å². The fraction of sp³-hybridized carbons (Fsp3) is 0.125. The third-order valence-corrected chi connectivity index (χ3v) is 3.52. The highest BCUT2D eigenvalue weighted by atomic mass is 16.6. The van der Waals surface area contributed by atoms with E-state index < -0.39 is 4.92 Å². The van der Waals surface area contributed by atoms with Crippen LogP contribution >= 0.6 is 0 Å². The van der Waals surface area contributed by atoms with Crippen LogP contribution in [0.1, 0.15) is 11.1 Å². The van der Waals surface area contributed by atoms with Crippen LogP contribution in [0.3, 0.4) is 0 Å². The molecule has 0 unspecified atom stereocenters. The van der Waals surface area contributed by atoms with Crippen molar-refractivity contribution in [3.8, 4) is 0 Å². The SMILES string of the molecule is O=[N+]([O-])c1cccc(Cn2ccc3cccc(CO)c32)c1. The maximum absolute atomic E-state index is 10.8. The van der Waals surface area contributed by atoms with Crippen LogP contribution < -0.4 is 0 Å². The topological polar surface area (TPSA) is 68.3 Å². The van der Waals surface area contributed by atoms with Crippen LogP contribution in [0.15, 0.2) is 54.7 Å². The normalized spacial score (nSPS) is 10.9. The van der Waals surface area contributed by atoms with Crippen LogP contribution in [-0.4, -0.2) is 14.6 Å². The molecule has 5 heteroatoms. The predicted octanol–water partition coefficient (Wildman–Crippen LogP) is 3.09. The van der Waals surface area contributed by atoms with Crippen LogP contribution in [0.5, 0.6) is 0 Å². The number of hydrogen-bond acceptors (Lipinski definition) is 3. The molecular weight excluding hydrogens is 268 g/mol. The van der Waals surface area contributed by atoms with E-state index in [1.807, 2.05) is 41.1 Å². The summed E-state index contributed by atoms with van der Waals surface area (Å²) in [6.45, 7) is 0.498. The summed E-state index contributed by atoms with van der Waals surface area (Å²) in [5.74, 6) is 0. The van der Waals surface area contributed by atoms with Crippen molar-refractivity contribution in [2.75, 3.05) is 0 Å². The van der Waals surface area contributed by atoms with Crippen molar-refractivity contribution in [1.82, 2.24) is 4.57 Å². The summed E-state index contributed by atoms with van der Waals surface area (Å²) in [5, 5.41) is 21.3. The second-order valence-electron chi connectivity index (χ2n) is 4.88. The van der Waals surface area contributed by atoms with Gasteiger partial charge in [0.1, 0.15) is 0 Å². The number of benzene rings is 2. The molecule has 0 atom stereocenters. The first-order chi connectivity index (χ1) is 10.2. The quantitative estimate of drug-likeness (QED) is 0.590. The standard InChI is InChI=1S/C16H14N2O3/c19-11-14-5-2-4-13-7-8-17(16(13)14)10-12-3-1-6-15(9-12)18(20)21/h1-9,19H,10-11H2. The van der Waals surface area contributed by atoms with Gasteiger partial charge in [0.05, 0.1) is 17.0 Å². The second kappa shape index (κ2) is 5.38. The number of nitro benzene ring substituents is 1. The number of fused-ring (bicyclic) bond motifs is 1. The molecule has 1 aromatic heterocycles. The van der Waals surface area contributed by atoms with E-state index in [9.17, 15) is 15.2 Å². The van der Waals surface area contributed by atoms with Gasteiger partial charge in [-0.3, -0.25) is 10.1 Å². The van der Waals surface area contributed by atoms with Gasteiger partial charge in [-0.2, -0.15) is 0 Å². The number of aliphatic hydroxyl groups is 1. The minimum absolute atomic E-state index is 0.0315. The zero-order valence-corrected chi connectivity index (χ0v) is 11.3. The molecule has 0 aliphatic rings. The molecule has 3 aromatic rings. The highest BCUT2D eigenvalue weighted by Gasteiger charge is 2.09. The molecule has 2 aromatic carbocycles. The third-order valence-electron chi connectivity index (χ3n) is 3.52. The van der Waals surface area contributed by atoms with Crippen molar-refractivity contribution in [1.29, 1.82) is 0 Å². The maximum Gasteiger partial charge on any atom is 0.269 e. The molecule has 0 aliphatic carbocycles. The lowest BCUT2D eigenvalue weighted by molar-refractivity contribution is -0.384. The van der Waals surface area contributed by atoms with E-state index in [1.165, 1.54) is 6.07 Å². The number of rotatable bonds is 4. The van der Waals surface area contributed by atoms with Gasteiger partial charge in [0.15, 0.2) is 0 Å². The molecule has 21 heavy (non-hydrogen) atoms.